The normalized spacial score (nSPS) is 10.2. The summed E-state index contributed by atoms with van der Waals surface area (Å²) < 4.78 is 32.8. The van der Waals surface area contributed by atoms with Crippen molar-refractivity contribution in [2.24, 2.45) is 0 Å². The fourth-order valence-corrected chi connectivity index (χ4v) is 0.968. The summed E-state index contributed by atoms with van der Waals surface area (Å²) >= 11 is 0. The fraction of sp³-hybridized carbons (Fsp3) is 0.333. The van der Waals surface area contributed by atoms with Gasteiger partial charge in [-0.1, -0.05) is 6.07 Å². The van der Waals surface area contributed by atoms with Crippen LogP contribution in [0, 0.1) is 6.92 Å². The van der Waals surface area contributed by atoms with Gasteiger partial charge in [-0.25, -0.2) is 0 Å². The van der Waals surface area contributed by atoms with Crippen molar-refractivity contribution in [2.75, 3.05) is 7.11 Å². The topological polar surface area (TPSA) is 18.5 Å². The second kappa shape index (κ2) is 4.07. The van der Waals surface area contributed by atoms with E-state index in [1.807, 2.05) is 6.92 Å². The third-order valence-electron chi connectivity index (χ3n) is 1.54. The highest BCUT2D eigenvalue weighted by molar-refractivity contribution is 5.42. The van der Waals surface area contributed by atoms with Crippen molar-refractivity contribution in [3.05, 3.63) is 23.8 Å². The molecule has 0 aromatic heterocycles. The molecule has 0 saturated heterocycles. The Hall–Kier alpha value is -1.32. The van der Waals surface area contributed by atoms with Gasteiger partial charge in [-0.2, -0.15) is 8.78 Å². The first-order chi connectivity index (χ1) is 6.13. The molecule has 1 rings (SSSR count). The Morgan fingerprint density at radius 3 is 2.46 bits per heavy atom. The summed E-state index contributed by atoms with van der Waals surface area (Å²) in [6.45, 7) is -0.981. The van der Waals surface area contributed by atoms with Gasteiger partial charge < -0.3 is 9.47 Å². The lowest BCUT2D eigenvalue weighted by Gasteiger charge is -2.09. The third kappa shape index (κ3) is 2.57. The predicted molar refractivity (Wildman–Crippen MR) is 44.4 cm³/mol. The zero-order valence-electron chi connectivity index (χ0n) is 7.38. The molecule has 0 aliphatic heterocycles. The van der Waals surface area contributed by atoms with E-state index in [-0.39, 0.29) is 5.75 Å². The standard InChI is InChI=1S/C9H10F2O2/c1-6-3-4-7(13-9(10)11)8(5-6)12-2/h3-5,9H,1-2H3. The molecular formula is C9H10F2O2. The SMILES string of the molecule is COc1cc(C)ccc1OC(F)F. The molecule has 13 heavy (non-hydrogen) atoms. The lowest BCUT2D eigenvalue weighted by molar-refractivity contribution is -0.0512. The van der Waals surface area contributed by atoms with E-state index < -0.39 is 6.61 Å². The van der Waals surface area contributed by atoms with E-state index in [0.29, 0.717) is 5.75 Å². The maximum Gasteiger partial charge on any atom is 0.387 e. The van der Waals surface area contributed by atoms with Crippen molar-refractivity contribution < 1.29 is 18.3 Å². The van der Waals surface area contributed by atoms with Crippen LogP contribution in [-0.4, -0.2) is 13.7 Å². The molecule has 0 atom stereocenters. The highest BCUT2D eigenvalue weighted by atomic mass is 19.3. The van der Waals surface area contributed by atoms with Gasteiger partial charge in [0.2, 0.25) is 0 Å². The molecule has 0 N–H and O–H groups in total. The number of rotatable bonds is 3. The second-order valence-electron chi connectivity index (χ2n) is 2.53. The molecule has 0 heterocycles. The van der Waals surface area contributed by atoms with Crippen molar-refractivity contribution in [1.82, 2.24) is 0 Å². The summed E-state index contributed by atoms with van der Waals surface area (Å²) in [7, 11) is 1.41. The number of hydrogen-bond donors (Lipinski definition) is 0. The van der Waals surface area contributed by atoms with Crippen LogP contribution in [0.25, 0.3) is 0 Å². The quantitative estimate of drug-likeness (QED) is 0.725. The van der Waals surface area contributed by atoms with Crippen LogP contribution < -0.4 is 9.47 Å². The van der Waals surface area contributed by atoms with Gasteiger partial charge in [-0.05, 0) is 24.6 Å². The molecule has 0 aliphatic carbocycles. The summed E-state index contributed by atoms with van der Waals surface area (Å²) in [5, 5.41) is 0. The van der Waals surface area contributed by atoms with Crippen LogP contribution in [0.5, 0.6) is 11.5 Å². The molecule has 0 radical (unpaired) electrons. The van der Waals surface area contributed by atoms with Crippen LogP contribution in [0.15, 0.2) is 18.2 Å². The van der Waals surface area contributed by atoms with Crippen LogP contribution in [0.4, 0.5) is 8.78 Å². The molecule has 2 nitrogen and oxygen atoms in total. The highest BCUT2D eigenvalue weighted by Crippen LogP contribution is 2.28. The van der Waals surface area contributed by atoms with Gasteiger partial charge in [0.25, 0.3) is 0 Å². The Morgan fingerprint density at radius 1 is 1.23 bits per heavy atom. The van der Waals surface area contributed by atoms with Gasteiger partial charge in [-0.15, -0.1) is 0 Å². The largest absolute Gasteiger partial charge is 0.493 e. The van der Waals surface area contributed by atoms with E-state index in [1.165, 1.54) is 13.2 Å². The number of ether oxygens (including phenoxy) is 2. The first-order valence-corrected chi connectivity index (χ1v) is 3.73. The van der Waals surface area contributed by atoms with Crippen molar-refractivity contribution in [2.45, 2.75) is 13.5 Å². The molecule has 4 heteroatoms. The van der Waals surface area contributed by atoms with E-state index in [0.717, 1.165) is 5.56 Å². The molecule has 1 aromatic carbocycles. The van der Waals surface area contributed by atoms with Crippen LogP contribution in [0.1, 0.15) is 5.56 Å². The van der Waals surface area contributed by atoms with Crippen LogP contribution >= 0.6 is 0 Å². The minimum atomic E-state index is -2.82. The van der Waals surface area contributed by atoms with Crippen LogP contribution in [-0.2, 0) is 0 Å². The lowest BCUT2D eigenvalue weighted by Crippen LogP contribution is -2.03. The fourth-order valence-electron chi connectivity index (χ4n) is 0.968. The van der Waals surface area contributed by atoms with Crippen molar-refractivity contribution in [3.8, 4) is 11.5 Å². The molecular weight excluding hydrogens is 178 g/mol. The van der Waals surface area contributed by atoms with Crippen molar-refractivity contribution >= 4 is 0 Å². The predicted octanol–water partition coefficient (Wildman–Crippen LogP) is 2.61. The second-order valence-corrected chi connectivity index (χ2v) is 2.53. The van der Waals surface area contributed by atoms with Gasteiger partial charge >= 0.3 is 6.61 Å². The summed E-state index contributed by atoms with van der Waals surface area (Å²) in [4.78, 5) is 0. The molecule has 0 aliphatic rings. The number of aryl methyl sites for hydroxylation is 1. The zero-order valence-corrected chi connectivity index (χ0v) is 7.38. The van der Waals surface area contributed by atoms with Gasteiger partial charge in [0.05, 0.1) is 7.11 Å². The molecule has 0 spiro atoms. The third-order valence-corrected chi connectivity index (χ3v) is 1.54. The average Bonchev–Trinajstić information content (AvgIpc) is 2.07. The smallest absolute Gasteiger partial charge is 0.387 e. The lowest BCUT2D eigenvalue weighted by atomic mass is 10.2. The molecule has 72 valence electrons. The number of halogens is 2. The maximum absolute atomic E-state index is 11.9. The number of hydrogen-bond acceptors (Lipinski definition) is 2. The molecule has 0 fully saturated rings. The van der Waals surface area contributed by atoms with E-state index >= 15 is 0 Å². The number of benzene rings is 1. The van der Waals surface area contributed by atoms with Gasteiger partial charge in [-0.3, -0.25) is 0 Å². The molecule has 0 bridgehead atoms. The summed E-state index contributed by atoms with van der Waals surface area (Å²) in [5.74, 6) is 0.378. The minimum absolute atomic E-state index is 0.0584. The molecule has 0 amide bonds. The van der Waals surface area contributed by atoms with E-state index in [1.54, 1.807) is 12.1 Å². The Labute approximate surface area is 75.1 Å². The monoisotopic (exact) mass is 188 g/mol. The van der Waals surface area contributed by atoms with E-state index in [2.05, 4.69) is 4.74 Å². The Balaban J connectivity index is 2.92. The maximum atomic E-state index is 11.9. The molecule has 0 unspecified atom stereocenters. The number of methoxy groups -OCH3 is 1. The number of alkyl halides is 2. The van der Waals surface area contributed by atoms with Gasteiger partial charge in [0.15, 0.2) is 11.5 Å². The Kier molecular flexibility index (Phi) is 3.06. The minimum Gasteiger partial charge on any atom is -0.493 e. The summed E-state index contributed by atoms with van der Waals surface area (Å²) in [6.07, 6.45) is 0. The average molecular weight is 188 g/mol. The van der Waals surface area contributed by atoms with Crippen LogP contribution in [0.3, 0.4) is 0 Å². The molecule has 0 saturated carbocycles. The van der Waals surface area contributed by atoms with Crippen molar-refractivity contribution in [3.63, 3.8) is 0 Å². The zero-order chi connectivity index (χ0) is 9.84. The van der Waals surface area contributed by atoms with Crippen molar-refractivity contribution in [1.29, 1.82) is 0 Å². The van der Waals surface area contributed by atoms with Gasteiger partial charge in [0.1, 0.15) is 0 Å². The Bertz CT molecular complexity index is 287. The first-order valence-electron chi connectivity index (χ1n) is 3.73. The van der Waals surface area contributed by atoms with Crippen LogP contribution in [0.2, 0.25) is 0 Å². The Morgan fingerprint density at radius 2 is 1.92 bits per heavy atom. The van der Waals surface area contributed by atoms with E-state index in [4.69, 9.17) is 4.74 Å². The summed E-state index contributed by atoms with van der Waals surface area (Å²) in [5.41, 5.74) is 0.929. The summed E-state index contributed by atoms with van der Waals surface area (Å²) in [6, 6.07) is 4.78. The van der Waals surface area contributed by atoms with Gasteiger partial charge in [0, 0.05) is 0 Å². The molecule has 1 aromatic rings. The van der Waals surface area contributed by atoms with E-state index in [9.17, 15) is 8.78 Å². The first kappa shape index (κ1) is 9.77. The highest BCUT2D eigenvalue weighted by Gasteiger charge is 2.09.